The fourth-order valence-electron chi connectivity index (χ4n) is 1.99. The topological polar surface area (TPSA) is 57.6 Å². The number of hydrogen-bond acceptors (Lipinski definition) is 4. The highest BCUT2D eigenvalue weighted by Crippen LogP contribution is 2.32. The second-order valence-electron chi connectivity index (χ2n) is 4.74. The second kappa shape index (κ2) is 6.87. The van der Waals surface area contributed by atoms with Gasteiger partial charge >= 0.3 is 5.97 Å². The van der Waals surface area contributed by atoms with Gasteiger partial charge in [0.15, 0.2) is 0 Å². The number of carbonyl (C=O) groups is 2. The first-order chi connectivity index (χ1) is 9.97. The van der Waals surface area contributed by atoms with E-state index < -0.39 is 5.97 Å². The molecule has 1 aliphatic rings. The molecule has 0 atom stereocenters. The summed E-state index contributed by atoms with van der Waals surface area (Å²) < 4.78 is 0.490. The normalized spacial score (nSPS) is 16.8. The van der Waals surface area contributed by atoms with Gasteiger partial charge in [0.1, 0.15) is 4.32 Å². The van der Waals surface area contributed by atoms with Gasteiger partial charge in [0.2, 0.25) is 0 Å². The summed E-state index contributed by atoms with van der Waals surface area (Å²) in [6.45, 7) is 2.34. The molecule has 1 aliphatic heterocycles. The molecule has 0 aromatic heterocycles. The van der Waals surface area contributed by atoms with Crippen LogP contribution in [0.1, 0.15) is 24.0 Å². The number of carboxylic acid groups (broad SMARTS) is 1. The summed E-state index contributed by atoms with van der Waals surface area (Å²) in [6.07, 6.45) is 2.26. The average molecular weight is 321 g/mol. The van der Waals surface area contributed by atoms with Crippen LogP contribution < -0.4 is 0 Å². The number of rotatable bonds is 5. The van der Waals surface area contributed by atoms with E-state index in [1.165, 1.54) is 16.7 Å². The maximum absolute atomic E-state index is 12.3. The van der Waals surface area contributed by atoms with E-state index in [4.69, 9.17) is 17.3 Å². The van der Waals surface area contributed by atoms with Gasteiger partial charge < -0.3 is 5.11 Å². The van der Waals surface area contributed by atoms with Crippen LogP contribution in [-0.2, 0) is 9.59 Å². The van der Waals surface area contributed by atoms with Crippen molar-refractivity contribution in [2.75, 3.05) is 6.54 Å². The molecule has 110 valence electrons. The Labute approximate surface area is 132 Å². The molecule has 1 saturated heterocycles. The predicted octanol–water partition coefficient (Wildman–Crippen LogP) is 3.06. The lowest BCUT2D eigenvalue weighted by Crippen LogP contribution is -2.29. The number of nitrogens with zero attached hydrogens (tertiary/aromatic N) is 1. The lowest BCUT2D eigenvalue weighted by atomic mass is 10.1. The zero-order valence-corrected chi connectivity index (χ0v) is 13.2. The zero-order chi connectivity index (χ0) is 15.4. The zero-order valence-electron chi connectivity index (χ0n) is 11.5. The molecule has 0 radical (unpaired) electrons. The van der Waals surface area contributed by atoms with E-state index in [9.17, 15) is 9.59 Å². The number of carboxylic acids is 1. The summed E-state index contributed by atoms with van der Waals surface area (Å²) in [4.78, 5) is 24.9. The molecule has 21 heavy (non-hydrogen) atoms. The number of aliphatic carboxylic acids is 1. The fourth-order valence-corrected chi connectivity index (χ4v) is 3.30. The third-order valence-corrected chi connectivity index (χ3v) is 4.36. The number of thiocarbonyl (C=S) groups is 1. The highest BCUT2D eigenvalue weighted by molar-refractivity contribution is 8.26. The molecule has 6 heteroatoms. The van der Waals surface area contributed by atoms with Crippen LogP contribution in [-0.4, -0.2) is 32.7 Å². The van der Waals surface area contributed by atoms with Crippen LogP contribution >= 0.6 is 24.0 Å². The second-order valence-corrected chi connectivity index (χ2v) is 6.42. The Hall–Kier alpha value is -1.66. The smallest absolute Gasteiger partial charge is 0.303 e. The van der Waals surface area contributed by atoms with Gasteiger partial charge in [0.05, 0.1) is 4.91 Å². The number of amides is 1. The van der Waals surface area contributed by atoms with Crippen LogP contribution in [0.3, 0.4) is 0 Å². The van der Waals surface area contributed by atoms with E-state index in [0.29, 0.717) is 22.2 Å². The van der Waals surface area contributed by atoms with E-state index in [1.807, 2.05) is 37.3 Å². The van der Waals surface area contributed by atoms with Crippen molar-refractivity contribution in [2.24, 2.45) is 0 Å². The molecule has 1 N–H and O–H groups in total. The van der Waals surface area contributed by atoms with Crippen molar-refractivity contribution in [3.05, 3.63) is 40.3 Å². The van der Waals surface area contributed by atoms with E-state index in [1.54, 1.807) is 0 Å². The number of aryl methyl sites for hydroxylation is 1. The number of hydrogen-bond donors (Lipinski definition) is 1. The molecule has 1 fully saturated rings. The molecule has 0 bridgehead atoms. The minimum absolute atomic E-state index is 0.0357. The average Bonchev–Trinajstić information content (AvgIpc) is 2.66. The molecule has 2 rings (SSSR count). The molecular weight excluding hydrogens is 306 g/mol. The van der Waals surface area contributed by atoms with Crippen LogP contribution in [0.5, 0.6) is 0 Å². The van der Waals surface area contributed by atoms with Crippen LogP contribution in [0.2, 0.25) is 0 Å². The molecular formula is C15H15NO3S2. The summed E-state index contributed by atoms with van der Waals surface area (Å²) >= 11 is 6.46. The quantitative estimate of drug-likeness (QED) is 0.667. The van der Waals surface area contributed by atoms with Crippen LogP contribution in [0, 0.1) is 6.92 Å². The van der Waals surface area contributed by atoms with Gasteiger partial charge in [-0.3, -0.25) is 14.5 Å². The molecule has 1 aromatic rings. The van der Waals surface area contributed by atoms with Crippen molar-refractivity contribution in [1.29, 1.82) is 0 Å². The lowest BCUT2D eigenvalue weighted by molar-refractivity contribution is -0.137. The number of benzene rings is 1. The first kappa shape index (κ1) is 15.7. The van der Waals surface area contributed by atoms with Crippen LogP contribution in [0.4, 0.5) is 0 Å². The van der Waals surface area contributed by atoms with Crippen LogP contribution in [0.25, 0.3) is 6.08 Å². The molecule has 0 aliphatic carbocycles. The molecule has 1 heterocycles. The standard InChI is InChI=1S/C15H15NO3S2/c1-10-4-2-5-11(8-10)9-12-14(19)16(15(20)21-12)7-3-6-13(17)18/h2,4-5,8-9H,3,6-7H2,1H3,(H,17,18)/b12-9+. The Morgan fingerprint density at radius 1 is 1.48 bits per heavy atom. The highest BCUT2D eigenvalue weighted by Gasteiger charge is 2.31. The van der Waals surface area contributed by atoms with E-state index >= 15 is 0 Å². The Kier molecular flexibility index (Phi) is 5.14. The van der Waals surface area contributed by atoms with Gasteiger partial charge in [-0.1, -0.05) is 53.8 Å². The van der Waals surface area contributed by atoms with Crippen molar-refractivity contribution in [3.63, 3.8) is 0 Å². The number of thioether (sulfide) groups is 1. The van der Waals surface area contributed by atoms with Gasteiger partial charge in [-0.05, 0) is 25.0 Å². The first-order valence-electron chi connectivity index (χ1n) is 6.51. The maximum atomic E-state index is 12.3. The summed E-state index contributed by atoms with van der Waals surface area (Å²) in [5.74, 6) is -1.01. The van der Waals surface area contributed by atoms with Gasteiger partial charge in [0, 0.05) is 13.0 Å². The van der Waals surface area contributed by atoms with Gasteiger partial charge in [-0.2, -0.15) is 0 Å². The Balaban J connectivity index is 2.08. The SMILES string of the molecule is Cc1cccc(/C=C2/SC(=S)N(CCCC(=O)O)C2=O)c1. The Morgan fingerprint density at radius 2 is 2.24 bits per heavy atom. The Morgan fingerprint density at radius 3 is 2.90 bits per heavy atom. The van der Waals surface area contributed by atoms with Crippen molar-refractivity contribution in [3.8, 4) is 0 Å². The van der Waals surface area contributed by atoms with Crippen LogP contribution in [0.15, 0.2) is 29.2 Å². The van der Waals surface area contributed by atoms with Crippen molar-refractivity contribution >= 4 is 46.3 Å². The van der Waals surface area contributed by atoms with Gasteiger partial charge in [0.25, 0.3) is 5.91 Å². The third-order valence-electron chi connectivity index (χ3n) is 2.99. The largest absolute Gasteiger partial charge is 0.481 e. The summed E-state index contributed by atoms with van der Waals surface area (Å²) in [5.41, 5.74) is 2.08. The minimum atomic E-state index is -0.865. The highest BCUT2D eigenvalue weighted by atomic mass is 32.2. The minimum Gasteiger partial charge on any atom is -0.481 e. The molecule has 0 unspecified atom stereocenters. The monoisotopic (exact) mass is 321 g/mol. The van der Waals surface area contributed by atoms with Crippen molar-refractivity contribution < 1.29 is 14.7 Å². The Bertz CT molecular complexity index is 625. The van der Waals surface area contributed by atoms with E-state index in [2.05, 4.69) is 0 Å². The van der Waals surface area contributed by atoms with E-state index in [0.717, 1.165) is 11.1 Å². The summed E-state index contributed by atoms with van der Waals surface area (Å²) in [5, 5.41) is 8.64. The lowest BCUT2D eigenvalue weighted by Gasteiger charge is -2.13. The van der Waals surface area contributed by atoms with Gasteiger partial charge in [-0.25, -0.2) is 0 Å². The summed E-state index contributed by atoms with van der Waals surface area (Å²) in [7, 11) is 0. The molecule has 4 nitrogen and oxygen atoms in total. The summed E-state index contributed by atoms with van der Waals surface area (Å²) in [6, 6.07) is 7.87. The molecule has 1 aromatic carbocycles. The number of carbonyl (C=O) groups excluding carboxylic acids is 1. The third kappa shape index (κ3) is 4.15. The maximum Gasteiger partial charge on any atom is 0.303 e. The van der Waals surface area contributed by atoms with E-state index in [-0.39, 0.29) is 12.3 Å². The van der Waals surface area contributed by atoms with Crippen molar-refractivity contribution in [1.82, 2.24) is 4.90 Å². The fraction of sp³-hybridized carbons (Fsp3) is 0.267. The molecule has 1 amide bonds. The first-order valence-corrected chi connectivity index (χ1v) is 7.73. The predicted molar refractivity (Wildman–Crippen MR) is 87.9 cm³/mol. The molecule has 0 saturated carbocycles. The molecule has 0 spiro atoms. The van der Waals surface area contributed by atoms with Crippen molar-refractivity contribution in [2.45, 2.75) is 19.8 Å². The van der Waals surface area contributed by atoms with Gasteiger partial charge in [-0.15, -0.1) is 0 Å².